The number of rotatable bonds is 8. The smallest absolute Gasteiger partial charge is 0.434 e. The van der Waals surface area contributed by atoms with E-state index in [0.29, 0.717) is 17.5 Å². The summed E-state index contributed by atoms with van der Waals surface area (Å²) in [4.78, 5) is 19.6. The first-order valence-electron chi connectivity index (χ1n) is 9.40. The molecule has 12 heteroatoms. The number of alkyl halides is 3. The van der Waals surface area contributed by atoms with Crippen LogP contribution in [0.1, 0.15) is 57.7 Å². The molecule has 1 amide bonds. The van der Waals surface area contributed by atoms with E-state index in [1.54, 1.807) is 27.8 Å². The van der Waals surface area contributed by atoms with Gasteiger partial charge >= 0.3 is 12.3 Å². The van der Waals surface area contributed by atoms with Crippen molar-refractivity contribution in [2.45, 2.75) is 71.3 Å². The number of aliphatic imine (C=N–C) groups is 1. The van der Waals surface area contributed by atoms with E-state index in [-0.39, 0.29) is 36.6 Å². The number of guanidine groups is 1. The molecule has 1 aromatic heterocycles. The van der Waals surface area contributed by atoms with Crippen LogP contribution in [-0.2, 0) is 17.5 Å². The summed E-state index contributed by atoms with van der Waals surface area (Å²) in [5, 5.41) is 10.2. The number of nitrogens with one attached hydrogen (secondary N) is 3. The third kappa shape index (κ3) is 11.8. The normalized spacial score (nSPS) is 13.3. The minimum absolute atomic E-state index is 0. The first-order chi connectivity index (χ1) is 13.4. The van der Waals surface area contributed by atoms with E-state index in [4.69, 9.17) is 4.74 Å². The van der Waals surface area contributed by atoms with Gasteiger partial charge in [0.05, 0.1) is 6.54 Å². The molecular formula is C18H31F3IN5O2S. The fourth-order valence-corrected chi connectivity index (χ4v) is 3.01. The number of ether oxygens (including phenoxy) is 1. The number of aromatic nitrogens is 1. The molecule has 0 bridgehead atoms. The molecule has 1 atom stereocenters. The molecule has 0 radical (unpaired) electrons. The number of halogens is 4. The summed E-state index contributed by atoms with van der Waals surface area (Å²) in [6, 6.07) is -0.115. The Morgan fingerprint density at radius 1 is 1.30 bits per heavy atom. The first kappa shape index (κ1) is 28.7. The van der Waals surface area contributed by atoms with E-state index in [2.05, 4.69) is 32.9 Å². The Labute approximate surface area is 196 Å². The zero-order valence-electron chi connectivity index (χ0n) is 17.9. The number of carbonyl (C=O) groups is 1. The Kier molecular flexibility index (Phi) is 12.6. The molecular weight excluding hydrogens is 534 g/mol. The largest absolute Gasteiger partial charge is 0.444 e. The maximum absolute atomic E-state index is 12.7. The number of hydrogen-bond acceptors (Lipinski definition) is 5. The van der Waals surface area contributed by atoms with Crippen molar-refractivity contribution in [2.75, 3.05) is 13.6 Å². The van der Waals surface area contributed by atoms with Crippen LogP contribution in [0.15, 0.2) is 10.4 Å². The average molecular weight is 565 g/mol. The van der Waals surface area contributed by atoms with Crippen LogP contribution in [-0.4, -0.2) is 42.3 Å². The summed E-state index contributed by atoms with van der Waals surface area (Å²) in [5.74, 6) is 0.417. The van der Waals surface area contributed by atoms with Gasteiger partial charge < -0.3 is 20.7 Å². The van der Waals surface area contributed by atoms with E-state index in [9.17, 15) is 18.0 Å². The third-order valence-electron chi connectivity index (χ3n) is 3.61. The molecule has 3 N–H and O–H groups in total. The number of unbranched alkanes of at least 4 members (excludes halogenated alkanes) is 1. The molecule has 0 aliphatic rings. The summed E-state index contributed by atoms with van der Waals surface area (Å²) in [6.45, 7) is 7.85. The second-order valence-electron chi connectivity index (χ2n) is 7.42. The molecule has 30 heavy (non-hydrogen) atoms. The molecule has 0 saturated heterocycles. The fraction of sp³-hybridized carbons (Fsp3) is 0.722. The van der Waals surface area contributed by atoms with Gasteiger partial charge in [-0.25, -0.2) is 9.78 Å². The van der Waals surface area contributed by atoms with Crippen molar-refractivity contribution in [3.05, 3.63) is 16.1 Å². The zero-order chi connectivity index (χ0) is 22.1. The van der Waals surface area contributed by atoms with E-state index < -0.39 is 23.6 Å². The quantitative estimate of drug-likeness (QED) is 0.245. The van der Waals surface area contributed by atoms with Crippen molar-refractivity contribution in [3.8, 4) is 0 Å². The van der Waals surface area contributed by atoms with Crippen LogP contribution in [0.25, 0.3) is 0 Å². The monoisotopic (exact) mass is 565 g/mol. The summed E-state index contributed by atoms with van der Waals surface area (Å²) in [7, 11) is 1.57. The van der Waals surface area contributed by atoms with Gasteiger partial charge in [-0.15, -0.1) is 35.3 Å². The van der Waals surface area contributed by atoms with Gasteiger partial charge in [-0.3, -0.25) is 4.99 Å². The average Bonchev–Trinajstić information content (AvgIpc) is 3.08. The van der Waals surface area contributed by atoms with Gasteiger partial charge in [0.1, 0.15) is 10.6 Å². The van der Waals surface area contributed by atoms with Gasteiger partial charge in [-0.2, -0.15) is 13.2 Å². The predicted molar refractivity (Wildman–Crippen MR) is 123 cm³/mol. The molecule has 0 spiro atoms. The number of amides is 1. The van der Waals surface area contributed by atoms with Crippen molar-refractivity contribution < 1.29 is 22.7 Å². The number of carbonyl (C=O) groups excluding carboxylic acids is 1. The van der Waals surface area contributed by atoms with Crippen LogP contribution in [0, 0.1) is 0 Å². The highest BCUT2D eigenvalue weighted by Gasteiger charge is 2.33. The summed E-state index contributed by atoms with van der Waals surface area (Å²) >= 11 is 0.931. The Bertz CT molecular complexity index is 678. The highest BCUT2D eigenvalue weighted by molar-refractivity contribution is 14.0. The second-order valence-corrected chi connectivity index (χ2v) is 8.36. The topological polar surface area (TPSA) is 87.6 Å². The van der Waals surface area contributed by atoms with Crippen LogP contribution in [0.5, 0.6) is 0 Å². The number of hydrogen-bond donors (Lipinski definition) is 3. The lowest BCUT2D eigenvalue weighted by Gasteiger charge is -2.24. The van der Waals surface area contributed by atoms with E-state index in [1.165, 1.54) is 0 Å². The maximum atomic E-state index is 12.7. The summed E-state index contributed by atoms with van der Waals surface area (Å²) < 4.78 is 43.2. The maximum Gasteiger partial charge on any atom is 0.434 e. The van der Waals surface area contributed by atoms with Gasteiger partial charge in [0.2, 0.25) is 0 Å². The molecule has 1 heterocycles. The van der Waals surface area contributed by atoms with Crippen molar-refractivity contribution in [1.82, 2.24) is 20.9 Å². The molecule has 1 aromatic rings. The summed E-state index contributed by atoms with van der Waals surface area (Å²) in [6.07, 6.45) is -2.26. The Morgan fingerprint density at radius 3 is 2.47 bits per heavy atom. The van der Waals surface area contributed by atoms with Crippen molar-refractivity contribution >= 4 is 47.4 Å². The highest BCUT2D eigenvalue weighted by Crippen LogP contribution is 2.29. The van der Waals surface area contributed by atoms with Crippen molar-refractivity contribution in [3.63, 3.8) is 0 Å². The number of nitrogens with zero attached hydrogens (tertiary/aromatic N) is 2. The predicted octanol–water partition coefficient (Wildman–Crippen LogP) is 4.53. The zero-order valence-corrected chi connectivity index (χ0v) is 21.0. The fourth-order valence-electron chi connectivity index (χ4n) is 2.27. The van der Waals surface area contributed by atoms with E-state index in [0.717, 1.165) is 36.0 Å². The van der Waals surface area contributed by atoms with E-state index in [1.807, 2.05) is 0 Å². The minimum atomic E-state index is -4.45. The Morgan fingerprint density at radius 2 is 1.97 bits per heavy atom. The summed E-state index contributed by atoms with van der Waals surface area (Å²) in [5.41, 5.74) is -1.48. The highest BCUT2D eigenvalue weighted by atomic mass is 127. The first-order valence-corrected chi connectivity index (χ1v) is 10.3. The molecule has 7 nitrogen and oxygen atoms in total. The molecule has 0 fully saturated rings. The minimum Gasteiger partial charge on any atom is -0.444 e. The van der Waals surface area contributed by atoms with Crippen LogP contribution < -0.4 is 16.0 Å². The molecule has 0 saturated carbocycles. The van der Waals surface area contributed by atoms with Gasteiger partial charge in [0.15, 0.2) is 11.7 Å². The van der Waals surface area contributed by atoms with Crippen LogP contribution >= 0.6 is 35.3 Å². The SMILES string of the molecule is CCCCC(CNC(=O)OC(C)(C)C)NC(=NC)NCc1nc(C(F)(F)F)cs1.I. The molecule has 0 aliphatic carbocycles. The van der Waals surface area contributed by atoms with Crippen molar-refractivity contribution in [1.29, 1.82) is 0 Å². The standard InChI is InChI=1S/C18H30F3N5O2S.HI/c1-6-7-8-12(9-24-16(27)28-17(2,3)4)25-15(22-5)23-10-14-26-13(11-29-14)18(19,20)21;/h11-12H,6-10H2,1-5H3,(H,24,27)(H2,22,23,25);1H. The number of thiazole rings is 1. The van der Waals surface area contributed by atoms with Gasteiger partial charge in [0.25, 0.3) is 0 Å². The van der Waals surface area contributed by atoms with Crippen LogP contribution in [0.4, 0.5) is 18.0 Å². The third-order valence-corrected chi connectivity index (χ3v) is 4.46. The lowest BCUT2D eigenvalue weighted by molar-refractivity contribution is -0.140. The second kappa shape index (κ2) is 13.2. The molecule has 0 aromatic carbocycles. The van der Waals surface area contributed by atoms with Gasteiger partial charge in [0, 0.05) is 25.0 Å². The van der Waals surface area contributed by atoms with Gasteiger partial charge in [-0.1, -0.05) is 19.8 Å². The van der Waals surface area contributed by atoms with Crippen LogP contribution in [0.3, 0.4) is 0 Å². The van der Waals surface area contributed by atoms with Crippen LogP contribution in [0.2, 0.25) is 0 Å². The molecule has 1 rings (SSSR count). The lowest BCUT2D eigenvalue weighted by Crippen LogP contribution is -2.48. The Hall–Kier alpha value is -1.31. The molecule has 174 valence electrons. The Balaban J connectivity index is 0.00000841. The van der Waals surface area contributed by atoms with E-state index >= 15 is 0 Å². The number of alkyl carbamates (subject to hydrolysis) is 1. The molecule has 0 aliphatic heterocycles. The van der Waals surface area contributed by atoms with Crippen molar-refractivity contribution in [2.24, 2.45) is 4.99 Å². The van der Waals surface area contributed by atoms with Gasteiger partial charge in [-0.05, 0) is 27.2 Å². The lowest BCUT2D eigenvalue weighted by atomic mass is 10.1. The molecule has 1 unspecified atom stereocenters.